The van der Waals surface area contributed by atoms with Crippen LogP contribution < -0.4 is 5.43 Å². The third-order valence-corrected chi connectivity index (χ3v) is 3.49. The number of phenolic OH excluding ortho intramolecular Hbond substituents is 1. The largest absolute Gasteiger partial charge is 0.507 e. The molecule has 0 atom stereocenters. The summed E-state index contributed by atoms with van der Waals surface area (Å²) < 4.78 is 0. The van der Waals surface area contributed by atoms with E-state index in [9.17, 15) is 9.90 Å². The lowest BCUT2D eigenvalue weighted by atomic mass is 10.1. The van der Waals surface area contributed by atoms with Gasteiger partial charge in [-0.25, -0.2) is 5.43 Å². The van der Waals surface area contributed by atoms with Gasteiger partial charge in [0.15, 0.2) is 0 Å². The van der Waals surface area contributed by atoms with Crippen LogP contribution in [0.4, 0.5) is 0 Å². The highest BCUT2D eigenvalue weighted by Gasteiger charge is 2.10. The molecule has 0 radical (unpaired) electrons. The number of halogens is 1. The summed E-state index contributed by atoms with van der Waals surface area (Å²) in [6.45, 7) is 0. The highest BCUT2D eigenvalue weighted by molar-refractivity contribution is 6.30. The highest BCUT2D eigenvalue weighted by atomic mass is 35.5. The summed E-state index contributed by atoms with van der Waals surface area (Å²) in [6.07, 6.45) is 1.31. The first kappa shape index (κ1) is 15.8. The normalized spacial score (nSPS) is 10.9. The molecule has 0 fully saturated rings. The van der Waals surface area contributed by atoms with Crippen LogP contribution in [-0.4, -0.2) is 27.4 Å². The van der Waals surface area contributed by atoms with Crippen molar-refractivity contribution in [1.82, 2.24) is 15.6 Å². The summed E-state index contributed by atoms with van der Waals surface area (Å²) in [5, 5.41) is 20.7. The zero-order chi connectivity index (χ0) is 16.9. The molecule has 3 rings (SSSR count). The monoisotopic (exact) mass is 340 g/mol. The van der Waals surface area contributed by atoms with Crippen molar-refractivity contribution in [1.29, 1.82) is 0 Å². The number of phenols is 1. The molecule has 0 saturated carbocycles. The molecule has 1 amide bonds. The van der Waals surface area contributed by atoms with E-state index in [4.69, 9.17) is 11.6 Å². The van der Waals surface area contributed by atoms with E-state index < -0.39 is 5.91 Å². The zero-order valence-corrected chi connectivity index (χ0v) is 13.2. The zero-order valence-electron chi connectivity index (χ0n) is 12.4. The predicted molar refractivity (Wildman–Crippen MR) is 92.2 cm³/mol. The minimum absolute atomic E-state index is 0.0188. The fourth-order valence-electron chi connectivity index (χ4n) is 2.04. The molecule has 0 aliphatic rings. The van der Waals surface area contributed by atoms with Gasteiger partial charge >= 0.3 is 0 Å². The summed E-state index contributed by atoms with van der Waals surface area (Å²) >= 11 is 5.84. The topological polar surface area (TPSA) is 90.4 Å². The van der Waals surface area contributed by atoms with Crippen LogP contribution >= 0.6 is 11.6 Å². The minimum atomic E-state index is -0.442. The number of nitrogens with one attached hydrogen (secondary N) is 2. The van der Waals surface area contributed by atoms with Gasteiger partial charge in [0.1, 0.15) is 11.4 Å². The minimum Gasteiger partial charge on any atom is -0.507 e. The molecule has 0 bridgehead atoms. The van der Waals surface area contributed by atoms with Gasteiger partial charge in [0.05, 0.1) is 11.9 Å². The SMILES string of the molecule is O=C(N/N=C/c1cc(Cl)ccc1O)c1cc(-c2ccccc2)n[nH]1. The fraction of sp³-hybridized carbons (Fsp3) is 0. The maximum absolute atomic E-state index is 12.0. The number of carbonyl (C=O) groups is 1. The number of hydrogen-bond donors (Lipinski definition) is 3. The lowest BCUT2D eigenvalue weighted by Crippen LogP contribution is -2.18. The van der Waals surface area contributed by atoms with Crippen LogP contribution in [0, 0.1) is 0 Å². The summed E-state index contributed by atoms with van der Waals surface area (Å²) in [7, 11) is 0. The number of hydrazone groups is 1. The van der Waals surface area contributed by atoms with Gasteiger partial charge in [-0.3, -0.25) is 9.89 Å². The standard InChI is InChI=1S/C17H13ClN4O2/c18-13-6-7-16(23)12(8-13)10-19-22-17(24)15-9-14(20-21-15)11-4-2-1-3-5-11/h1-10,23H,(H,20,21)(H,22,24)/b19-10+. The number of rotatable bonds is 4. The molecule has 0 aliphatic heterocycles. The third-order valence-electron chi connectivity index (χ3n) is 3.25. The second-order valence-corrected chi connectivity index (χ2v) is 5.37. The molecule has 3 N–H and O–H groups in total. The number of aromatic hydroxyl groups is 1. The Morgan fingerprint density at radius 2 is 2.00 bits per heavy atom. The van der Waals surface area contributed by atoms with Crippen molar-refractivity contribution in [2.75, 3.05) is 0 Å². The second-order valence-electron chi connectivity index (χ2n) is 4.94. The van der Waals surface area contributed by atoms with E-state index in [1.165, 1.54) is 18.3 Å². The van der Waals surface area contributed by atoms with Crippen molar-refractivity contribution in [3.05, 3.63) is 70.9 Å². The molecule has 0 saturated heterocycles. The average molecular weight is 341 g/mol. The molecule has 7 heteroatoms. The lowest BCUT2D eigenvalue weighted by Gasteiger charge is -1.99. The summed E-state index contributed by atoms with van der Waals surface area (Å²) in [5.41, 5.74) is 4.61. The molecule has 2 aromatic carbocycles. The van der Waals surface area contributed by atoms with Gasteiger partial charge in [0.25, 0.3) is 5.91 Å². The Bertz CT molecular complexity index is 891. The molecule has 6 nitrogen and oxygen atoms in total. The molecule has 1 aromatic heterocycles. The van der Waals surface area contributed by atoms with Gasteiger partial charge in [0.2, 0.25) is 0 Å². The number of benzene rings is 2. The van der Waals surface area contributed by atoms with Crippen LogP contribution in [0.15, 0.2) is 59.7 Å². The van der Waals surface area contributed by atoms with Crippen molar-refractivity contribution in [3.8, 4) is 17.0 Å². The van der Waals surface area contributed by atoms with Gasteiger partial charge in [-0.15, -0.1) is 0 Å². The Morgan fingerprint density at radius 1 is 1.21 bits per heavy atom. The molecule has 1 heterocycles. The number of hydrogen-bond acceptors (Lipinski definition) is 4. The van der Waals surface area contributed by atoms with Crippen molar-refractivity contribution >= 4 is 23.7 Å². The van der Waals surface area contributed by atoms with Crippen molar-refractivity contribution < 1.29 is 9.90 Å². The summed E-state index contributed by atoms with van der Waals surface area (Å²) in [4.78, 5) is 12.0. The van der Waals surface area contributed by atoms with E-state index in [0.29, 0.717) is 16.3 Å². The Kier molecular flexibility index (Phi) is 4.58. The Hall–Kier alpha value is -3.12. The first-order valence-corrected chi connectivity index (χ1v) is 7.44. The van der Waals surface area contributed by atoms with Gasteiger partial charge in [-0.2, -0.15) is 10.2 Å². The fourth-order valence-corrected chi connectivity index (χ4v) is 2.22. The van der Waals surface area contributed by atoms with Gasteiger partial charge < -0.3 is 5.11 Å². The predicted octanol–water partition coefficient (Wildman–Crippen LogP) is 3.20. The molecule has 0 spiro atoms. The summed E-state index contributed by atoms with van der Waals surface area (Å²) in [5.74, 6) is -0.423. The first-order chi connectivity index (χ1) is 11.6. The van der Waals surface area contributed by atoms with E-state index in [2.05, 4.69) is 20.7 Å². The van der Waals surface area contributed by atoms with Crippen LogP contribution in [-0.2, 0) is 0 Å². The van der Waals surface area contributed by atoms with Crippen molar-refractivity contribution in [3.63, 3.8) is 0 Å². The molecule has 24 heavy (non-hydrogen) atoms. The van der Waals surface area contributed by atoms with Gasteiger partial charge in [-0.1, -0.05) is 41.9 Å². The van der Waals surface area contributed by atoms with Gasteiger partial charge in [0, 0.05) is 16.1 Å². The molecular formula is C17H13ClN4O2. The number of aromatic nitrogens is 2. The molecular weight excluding hydrogens is 328 g/mol. The summed E-state index contributed by atoms with van der Waals surface area (Å²) in [6, 6.07) is 15.7. The number of nitrogens with zero attached hydrogens (tertiary/aromatic N) is 2. The highest BCUT2D eigenvalue weighted by Crippen LogP contribution is 2.19. The molecule has 120 valence electrons. The maximum Gasteiger partial charge on any atom is 0.289 e. The number of H-pyrrole nitrogens is 1. The van der Waals surface area contributed by atoms with E-state index in [-0.39, 0.29) is 11.4 Å². The van der Waals surface area contributed by atoms with E-state index in [1.807, 2.05) is 30.3 Å². The van der Waals surface area contributed by atoms with Gasteiger partial charge in [-0.05, 0) is 24.3 Å². The van der Waals surface area contributed by atoms with Crippen LogP contribution in [0.5, 0.6) is 5.75 Å². The van der Waals surface area contributed by atoms with E-state index in [0.717, 1.165) is 5.56 Å². The average Bonchev–Trinajstić information content (AvgIpc) is 3.09. The van der Waals surface area contributed by atoms with Crippen LogP contribution in [0.1, 0.15) is 16.1 Å². The van der Waals surface area contributed by atoms with E-state index >= 15 is 0 Å². The number of amides is 1. The van der Waals surface area contributed by atoms with Crippen LogP contribution in [0.25, 0.3) is 11.3 Å². The molecule has 0 aliphatic carbocycles. The Balaban J connectivity index is 1.68. The smallest absolute Gasteiger partial charge is 0.289 e. The quantitative estimate of drug-likeness (QED) is 0.503. The van der Waals surface area contributed by atoms with E-state index in [1.54, 1.807) is 12.1 Å². The number of carbonyl (C=O) groups excluding carboxylic acids is 1. The maximum atomic E-state index is 12.0. The number of aromatic amines is 1. The molecule has 0 unspecified atom stereocenters. The lowest BCUT2D eigenvalue weighted by molar-refractivity contribution is 0.0950. The van der Waals surface area contributed by atoms with Crippen LogP contribution in [0.2, 0.25) is 5.02 Å². The third kappa shape index (κ3) is 3.61. The Morgan fingerprint density at radius 3 is 2.79 bits per heavy atom. The molecule has 3 aromatic rings. The van der Waals surface area contributed by atoms with Crippen molar-refractivity contribution in [2.45, 2.75) is 0 Å². The second kappa shape index (κ2) is 6.97. The Labute approximate surface area is 142 Å². The van der Waals surface area contributed by atoms with Crippen molar-refractivity contribution in [2.24, 2.45) is 5.10 Å². The van der Waals surface area contributed by atoms with Crippen LogP contribution in [0.3, 0.4) is 0 Å². The first-order valence-electron chi connectivity index (χ1n) is 7.06.